The molecule has 0 aliphatic rings. The number of ether oxygens (including phenoxy) is 1. The van der Waals surface area contributed by atoms with Crippen molar-refractivity contribution in [3.8, 4) is 0 Å². The molecule has 0 aromatic heterocycles. The summed E-state index contributed by atoms with van der Waals surface area (Å²) < 4.78 is 5.20. The van der Waals surface area contributed by atoms with Gasteiger partial charge in [-0.1, -0.05) is 11.6 Å². The van der Waals surface area contributed by atoms with E-state index in [1.54, 1.807) is 18.2 Å². The van der Waals surface area contributed by atoms with Gasteiger partial charge < -0.3 is 10.5 Å². The van der Waals surface area contributed by atoms with Gasteiger partial charge in [0, 0.05) is 10.6 Å². The second kappa shape index (κ2) is 5.65. The molecule has 5 heteroatoms. The van der Waals surface area contributed by atoms with E-state index in [2.05, 4.69) is 0 Å². The van der Waals surface area contributed by atoms with Gasteiger partial charge in [-0.3, -0.25) is 4.79 Å². The molecule has 0 bridgehead atoms. The third-order valence-electron chi connectivity index (χ3n) is 1.72. The summed E-state index contributed by atoms with van der Waals surface area (Å²) in [6.07, 6.45) is 0. The van der Waals surface area contributed by atoms with Crippen LogP contribution in [0, 0.1) is 0 Å². The molecule has 3 nitrogen and oxygen atoms in total. The van der Waals surface area contributed by atoms with Crippen LogP contribution in [0.5, 0.6) is 0 Å². The molecule has 0 aliphatic heterocycles. The first kappa shape index (κ1) is 14.2. The topological polar surface area (TPSA) is 52.3 Å². The number of anilines is 1. The zero-order valence-electron chi connectivity index (χ0n) is 10.1. The average molecular weight is 274 g/mol. The maximum absolute atomic E-state index is 11.5. The number of halogens is 1. The maximum atomic E-state index is 11.5. The van der Waals surface area contributed by atoms with Crippen LogP contribution in [0.3, 0.4) is 0 Å². The molecule has 0 spiro atoms. The summed E-state index contributed by atoms with van der Waals surface area (Å²) in [6.45, 7) is 5.52. The van der Waals surface area contributed by atoms with E-state index in [1.165, 1.54) is 11.8 Å². The molecule has 1 aromatic carbocycles. The fourth-order valence-corrected chi connectivity index (χ4v) is 2.19. The van der Waals surface area contributed by atoms with Crippen molar-refractivity contribution >= 4 is 35.0 Å². The van der Waals surface area contributed by atoms with E-state index >= 15 is 0 Å². The number of hydrogen-bond acceptors (Lipinski definition) is 4. The number of thioether (sulfide) groups is 1. The van der Waals surface area contributed by atoms with Gasteiger partial charge in [0.15, 0.2) is 0 Å². The van der Waals surface area contributed by atoms with Crippen molar-refractivity contribution in [1.82, 2.24) is 0 Å². The fraction of sp³-hybridized carbons (Fsp3) is 0.417. The number of carbonyl (C=O) groups excluding carboxylic acids is 1. The van der Waals surface area contributed by atoms with E-state index in [4.69, 9.17) is 22.1 Å². The van der Waals surface area contributed by atoms with Crippen molar-refractivity contribution in [1.29, 1.82) is 0 Å². The highest BCUT2D eigenvalue weighted by Gasteiger charge is 2.16. The van der Waals surface area contributed by atoms with E-state index in [0.29, 0.717) is 10.7 Å². The first-order valence-electron chi connectivity index (χ1n) is 5.17. The van der Waals surface area contributed by atoms with Gasteiger partial charge >= 0.3 is 5.97 Å². The van der Waals surface area contributed by atoms with Gasteiger partial charge in [-0.2, -0.15) is 0 Å². The molecule has 17 heavy (non-hydrogen) atoms. The Morgan fingerprint density at radius 2 is 2.12 bits per heavy atom. The number of carbonyl (C=O) groups is 1. The fourth-order valence-electron chi connectivity index (χ4n) is 1.14. The van der Waals surface area contributed by atoms with E-state index < -0.39 is 5.60 Å². The summed E-state index contributed by atoms with van der Waals surface area (Å²) in [7, 11) is 0. The summed E-state index contributed by atoms with van der Waals surface area (Å²) in [6, 6.07) is 5.22. The Balaban J connectivity index is 2.53. The van der Waals surface area contributed by atoms with Crippen molar-refractivity contribution in [3.05, 3.63) is 23.2 Å². The Morgan fingerprint density at radius 1 is 1.47 bits per heavy atom. The molecule has 1 rings (SSSR count). The van der Waals surface area contributed by atoms with Crippen LogP contribution in [-0.4, -0.2) is 17.3 Å². The molecule has 0 saturated carbocycles. The van der Waals surface area contributed by atoms with E-state index in [-0.39, 0.29) is 11.7 Å². The monoisotopic (exact) mass is 273 g/mol. The maximum Gasteiger partial charge on any atom is 0.316 e. The van der Waals surface area contributed by atoms with Crippen LogP contribution in [0.1, 0.15) is 20.8 Å². The van der Waals surface area contributed by atoms with Crippen LogP contribution in [0.25, 0.3) is 0 Å². The Labute approximate surface area is 111 Å². The molecule has 0 aliphatic carbocycles. The lowest BCUT2D eigenvalue weighted by Gasteiger charge is -2.19. The lowest BCUT2D eigenvalue weighted by Crippen LogP contribution is -2.24. The number of nitrogens with two attached hydrogens (primary N) is 1. The van der Waals surface area contributed by atoms with Gasteiger partial charge in [-0.05, 0) is 39.0 Å². The molecule has 0 unspecified atom stereocenters. The van der Waals surface area contributed by atoms with E-state index in [1.807, 2.05) is 20.8 Å². The molecular weight excluding hydrogens is 258 g/mol. The number of nitrogen functional groups attached to an aromatic ring is 1. The Hall–Kier alpha value is -0.870. The van der Waals surface area contributed by atoms with Gasteiger partial charge in [0.25, 0.3) is 0 Å². The minimum Gasteiger partial charge on any atom is -0.459 e. The van der Waals surface area contributed by atoms with Gasteiger partial charge in [-0.25, -0.2) is 0 Å². The third-order valence-corrected chi connectivity index (χ3v) is 3.19. The number of hydrogen-bond donors (Lipinski definition) is 1. The van der Waals surface area contributed by atoms with E-state index in [0.717, 1.165) is 4.90 Å². The Bertz CT molecular complexity index is 415. The summed E-state index contributed by atoms with van der Waals surface area (Å²) >= 11 is 7.34. The highest BCUT2D eigenvalue weighted by atomic mass is 35.5. The lowest BCUT2D eigenvalue weighted by molar-refractivity contribution is -0.151. The van der Waals surface area contributed by atoms with Crippen LogP contribution >= 0.6 is 23.4 Å². The van der Waals surface area contributed by atoms with Gasteiger partial charge in [-0.15, -0.1) is 11.8 Å². The average Bonchev–Trinajstić information content (AvgIpc) is 2.13. The van der Waals surface area contributed by atoms with Crippen LogP contribution in [-0.2, 0) is 9.53 Å². The zero-order chi connectivity index (χ0) is 13.1. The summed E-state index contributed by atoms with van der Waals surface area (Å²) in [5.74, 6) is -0.0173. The highest BCUT2D eigenvalue weighted by Crippen LogP contribution is 2.29. The number of benzene rings is 1. The van der Waals surface area contributed by atoms with Crippen LogP contribution < -0.4 is 5.73 Å². The van der Waals surface area contributed by atoms with Gasteiger partial charge in [0.1, 0.15) is 5.60 Å². The van der Waals surface area contributed by atoms with Crippen LogP contribution in [0.2, 0.25) is 5.02 Å². The Morgan fingerprint density at radius 3 is 2.65 bits per heavy atom. The largest absolute Gasteiger partial charge is 0.459 e. The first-order chi connectivity index (χ1) is 7.78. The number of rotatable bonds is 3. The minimum atomic E-state index is -0.456. The lowest BCUT2D eigenvalue weighted by atomic mass is 10.2. The molecule has 1 aromatic rings. The molecule has 0 fully saturated rings. The normalized spacial score (nSPS) is 11.3. The van der Waals surface area contributed by atoms with Crippen molar-refractivity contribution in [2.75, 3.05) is 11.5 Å². The molecule has 0 atom stereocenters. The SMILES string of the molecule is CC(C)(C)OC(=O)CSc1ccc(N)cc1Cl. The summed E-state index contributed by atoms with van der Waals surface area (Å²) in [5.41, 5.74) is 5.73. The molecule has 0 heterocycles. The molecule has 0 amide bonds. The summed E-state index contributed by atoms with van der Waals surface area (Å²) in [4.78, 5) is 12.3. The zero-order valence-corrected chi connectivity index (χ0v) is 11.7. The Kier molecular flexibility index (Phi) is 4.71. The van der Waals surface area contributed by atoms with Crippen molar-refractivity contribution < 1.29 is 9.53 Å². The standard InChI is InChI=1S/C12H16ClNO2S/c1-12(2,3)16-11(15)7-17-10-5-4-8(14)6-9(10)13/h4-6H,7,14H2,1-3H3. The van der Waals surface area contributed by atoms with Crippen molar-refractivity contribution in [2.45, 2.75) is 31.3 Å². The van der Waals surface area contributed by atoms with Crippen molar-refractivity contribution in [3.63, 3.8) is 0 Å². The van der Waals surface area contributed by atoms with Crippen LogP contribution in [0.4, 0.5) is 5.69 Å². The molecule has 0 saturated heterocycles. The highest BCUT2D eigenvalue weighted by molar-refractivity contribution is 8.00. The molecule has 0 radical (unpaired) electrons. The minimum absolute atomic E-state index is 0.237. The van der Waals surface area contributed by atoms with E-state index in [9.17, 15) is 4.79 Å². The van der Waals surface area contributed by atoms with Crippen LogP contribution in [0.15, 0.2) is 23.1 Å². The molecule has 94 valence electrons. The van der Waals surface area contributed by atoms with Gasteiger partial charge in [0.05, 0.1) is 10.8 Å². The predicted molar refractivity (Wildman–Crippen MR) is 72.4 cm³/mol. The third kappa shape index (κ3) is 5.33. The predicted octanol–water partition coefficient (Wildman–Crippen LogP) is 3.36. The summed E-state index contributed by atoms with van der Waals surface area (Å²) in [5, 5.41) is 0.554. The smallest absolute Gasteiger partial charge is 0.316 e. The first-order valence-corrected chi connectivity index (χ1v) is 6.54. The molecule has 2 N–H and O–H groups in total. The second-order valence-corrected chi connectivity index (χ2v) is 5.99. The van der Waals surface area contributed by atoms with Gasteiger partial charge in [0.2, 0.25) is 0 Å². The molecular formula is C12H16ClNO2S. The quantitative estimate of drug-likeness (QED) is 0.521. The van der Waals surface area contributed by atoms with Crippen molar-refractivity contribution in [2.24, 2.45) is 0 Å². The second-order valence-electron chi connectivity index (χ2n) is 4.56. The number of esters is 1.